The number of aliphatic hydroxyl groups is 1. The van der Waals surface area contributed by atoms with Crippen molar-refractivity contribution >= 4 is 40.9 Å². The summed E-state index contributed by atoms with van der Waals surface area (Å²) in [6.45, 7) is 14.4. The summed E-state index contributed by atoms with van der Waals surface area (Å²) in [5, 5.41) is 18.8. The summed E-state index contributed by atoms with van der Waals surface area (Å²) in [5.41, 5.74) is 4.67. The first kappa shape index (κ1) is 48.2. The van der Waals surface area contributed by atoms with Gasteiger partial charge in [-0.05, 0) is 85.5 Å². The molecule has 5 amide bonds. The van der Waals surface area contributed by atoms with Crippen LogP contribution < -0.4 is 25.6 Å². The van der Waals surface area contributed by atoms with Gasteiger partial charge in [-0.25, -0.2) is 23.5 Å². The van der Waals surface area contributed by atoms with E-state index in [1.54, 1.807) is 25.1 Å². The van der Waals surface area contributed by atoms with E-state index in [1.165, 1.54) is 62.0 Å². The minimum atomic E-state index is -1.29. The minimum absolute atomic E-state index is 0.0821. The van der Waals surface area contributed by atoms with E-state index in [0.717, 1.165) is 76.1 Å². The number of urea groups is 1. The molecule has 1 unspecified atom stereocenters. The number of ether oxygens (including phenoxy) is 1. The van der Waals surface area contributed by atoms with Gasteiger partial charge >= 0.3 is 6.03 Å². The van der Waals surface area contributed by atoms with E-state index in [-0.39, 0.29) is 42.1 Å². The van der Waals surface area contributed by atoms with Gasteiger partial charge in [-0.15, -0.1) is 0 Å². The molecule has 0 saturated carbocycles. The number of imide groups is 1. The Morgan fingerprint density at radius 1 is 0.857 bits per heavy atom. The summed E-state index contributed by atoms with van der Waals surface area (Å²) in [5.74, 6) is -1.44. The quantitative estimate of drug-likeness (QED) is 0.109. The van der Waals surface area contributed by atoms with Crippen LogP contribution >= 0.6 is 0 Å². The molecule has 1 atom stereocenters. The maximum atomic E-state index is 15.2. The topological polar surface area (TPSA) is 176 Å². The van der Waals surface area contributed by atoms with Crippen LogP contribution in [0.25, 0.3) is 11.3 Å². The van der Waals surface area contributed by atoms with Gasteiger partial charge in [0, 0.05) is 114 Å². The first-order chi connectivity index (χ1) is 33.6. The maximum Gasteiger partial charge on any atom is 0.328 e. The van der Waals surface area contributed by atoms with Gasteiger partial charge in [0.1, 0.15) is 29.5 Å². The second-order valence-corrected chi connectivity index (χ2v) is 18.9. The Balaban J connectivity index is 0.737. The van der Waals surface area contributed by atoms with Crippen molar-refractivity contribution in [1.82, 2.24) is 34.9 Å². The van der Waals surface area contributed by atoms with Crippen LogP contribution in [0.3, 0.4) is 0 Å². The molecule has 4 aliphatic heterocycles. The fourth-order valence-electron chi connectivity index (χ4n) is 9.66. The summed E-state index contributed by atoms with van der Waals surface area (Å²) < 4.78 is 35.7. The van der Waals surface area contributed by atoms with Crippen LogP contribution in [-0.4, -0.2) is 138 Å². The molecule has 5 heterocycles. The fraction of sp³-hybridized carbons (Fsp3) is 0.385. The Morgan fingerprint density at radius 3 is 2.23 bits per heavy atom. The highest BCUT2D eigenvalue weighted by Crippen LogP contribution is 2.40. The van der Waals surface area contributed by atoms with Gasteiger partial charge < -0.3 is 25.4 Å². The SMILES string of the molecule is COc1ccc(C(=O)N2CCN(CCN3CCN(Cc4ccc(C5Cc6c(ncnc6-c6cc(F)cc(NC(=O)c7ccc(C(C)(C)O)cc7F)c6C)N5)cc4)CC3)CC2)cc1N1CCC(=O)NC1=O. The van der Waals surface area contributed by atoms with Crippen molar-refractivity contribution in [3.8, 4) is 17.0 Å². The number of aromatic nitrogens is 2. The van der Waals surface area contributed by atoms with Gasteiger partial charge in [-0.1, -0.05) is 30.3 Å². The Labute approximate surface area is 405 Å². The molecule has 70 heavy (non-hydrogen) atoms. The van der Waals surface area contributed by atoms with Crippen LogP contribution in [-0.2, 0) is 23.4 Å². The second-order valence-electron chi connectivity index (χ2n) is 18.9. The molecule has 3 saturated heterocycles. The number of carbonyl (C=O) groups excluding carboxylic acids is 4. The Bertz CT molecular complexity index is 2810. The van der Waals surface area contributed by atoms with Crippen molar-refractivity contribution in [3.63, 3.8) is 0 Å². The van der Waals surface area contributed by atoms with E-state index >= 15 is 8.78 Å². The molecule has 5 aromatic rings. The Kier molecular flexibility index (Phi) is 13.9. The zero-order valence-corrected chi connectivity index (χ0v) is 39.9. The van der Waals surface area contributed by atoms with E-state index in [0.29, 0.717) is 64.7 Å². The normalized spacial score (nSPS) is 18.1. The first-order valence-corrected chi connectivity index (χ1v) is 23.7. The summed E-state index contributed by atoms with van der Waals surface area (Å²) >= 11 is 0. The van der Waals surface area contributed by atoms with Crippen LogP contribution in [0.2, 0.25) is 0 Å². The molecule has 9 rings (SSSR count). The molecule has 1 aromatic heterocycles. The zero-order valence-electron chi connectivity index (χ0n) is 39.9. The van der Waals surface area contributed by atoms with E-state index in [4.69, 9.17) is 4.74 Å². The number of amides is 5. The lowest BCUT2D eigenvalue weighted by molar-refractivity contribution is -0.120. The average molecular weight is 957 g/mol. The molecule has 4 N–H and O–H groups in total. The van der Waals surface area contributed by atoms with E-state index in [2.05, 4.69) is 64.9 Å². The number of carbonyl (C=O) groups is 4. The number of piperazine rings is 2. The molecule has 18 heteroatoms. The summed E-state index contributed by atoms with van der Waals surface area (Å²) in [4.78, 5) is 70.8. The molecule has 0 spiro atoms. The number of anilines is 3. The number of benzene rings is 4. The fourth-order valence-corrected chi connectivity index (χ4v) is 9.66. The lowest BCUT2D eigenvalue weighted by atomic mass is 9.95. The molecule has 0 radical (unpaired) electrons. The molecule has 3 fully saturated rings. The highest BCUT2D eigenvalue weighted by molar-refractivity contribution is 6.07. The monoisotopic (exact) mass is 956 g/mol. The molecular formula is C52H58F2N10O6. The third-order valence-corrected chi connectivity index (χ3v) is 13.9. The van der Waals surface area contributed by atoms with Crippen molar-refractivity contribution in [2.75, 3.05) is 94.6 Å². The molecule has 16 nitrogen and oxygen atoms in total. The highest BCUT2D eigenvalue weighted by atomic mass is 19.1. The number of methoxy groups -OCH3 is 1. The lowest BCUT2D eigenvalue weighted by Crippen LogP contribution is -2.52. The van der Waals surface area contributed by atoms with Crippen molar-refractivity contribution < 1.29 is 37.8 Å². The van der Waals surface area contributed by atoms with Crippen molar-refractivity contribution in [1.29, 1.82) is 0 Å². The summed E-state index contributed by atoms with van der Waals surface area (Å²) in [7, 11) is 1.51. The van der Waals surface area contributed by atoms with Crippen LogP contribution in [0.15, 0.2) is 79.1 Å². The molecule has 4 aromatic carbocycles. The molecule has 0 bridgehead atoms. The van der Waals surface area contributed by atoms with Crippen molar-refractivity contribution in [2.24, 2.45) is 0 Å². The number of fused-ring (bicyclic) bond motifs is 1. The van der Waals surface area contributed by atoms with Gasteiger partial charge in [0.2, 0.25) is 5.91 Å². The second kappa shape index (κ2) is 20.2. The zero-order chi connectivity index (χ0) is 49.3. The number of rotatable bonds is 13. The first-order valence-electron chi connectivity index (χ1n) is 23.7. The number of hydrogen-bond acceptors (Lipinski definition) is 12. The van der Waals surface area contributed by atoms with Crippen LogP contribution in [0.4, 0.5) is 30.8 Å². The van der Waals surface area contributed by atoms with Gasteiger partial charge in [-0.2, -0.15) is 0 Å². The summed E-state index contributed by atoms with van der Waals surface area (Å²) in [6.07, 6.45) is 2.17. The van der Waals surface area contributed by atoms with E-state index in [1.807, 2.05) is 4.90 Å². The lowest BCUT2D eigenvalue weighted by Gasteiger charge is -2.38. The number of hydrogen-bond donors (Lipinski definition) is 4. The minimum Gasteiger partial charge on any atom is -0.495 e. The van der Waals surface area contributed by atoms with Crippen LogP contribution in [0.5, 0.6) is 5.75 Å². The Morgan fingerprint density at radius 2 is 1.56 bits per heavy atom. The molecular weight excluding hydrogens is 899 g/mol. The Hall–Kier alpha value is -6.86. The predicted molar refractivity (Wildman–Crippen MR) is 261 cm³/mol. The van der Waals surface area contributed by atoms with Gasteiger partial charge in [-0.3, -0.25) is 39.3 Å². The predicted octanol–water partition coefficient (Wildman–Crippen LogP) is 5.95. The molecule has 4 aliphatic rings. The van der Waals surface area contributed by atoms with E-state index < -0.39 is 29.2 Å². The van der Waals surface area contributed by atoms with Crippen LogP contribution in [0, 0.1) is 18.6 Å². The third-order valence-electron chi connectivity index (χ3n) is 13.9. The van der Waals surface area contributed by atoms with E-state index in [9.17, 15) is 24.3 Å². The van der Waals surface area contributed by atoms with Crippen molar-refractivity contribution in [2.45, 2.75) is 51.8 Å². The van der Waals surface area contributed by atoms with Gasteiger partial charge in [0.25, 0.3) is 11.8 Å². The smallest absolute Gasteiger partial charge is 0.328 e. The maximum absolute atomic E-state index is 15.2. The highest BCUT2D eigenvalue weighted by Gasteiger charge is 2.31. The number of halogens is 2. The summed E-state index contributed by atoms with van der Waals surface area (Å²) in [6, 6.07) is 19.6. The average Bonchev–Trinajstić information content (AvgIpc) is 3.79. The largest absolute Gasteiger partial charge is 0.495 e. The van der Waals surface area contributed by atoms with Crippen LogP contribution in [0.1, 0.15) is 74.8 Å². The standard InChI is InChI=1S/C52H58F2N10O6/c1-32-39(27-37(53)28-42(32)58-49(66)38-11-10-36(26-41(38)54)52(2,3)69)47-40-29-43(57-48(40)56-31-55-47)34-7-5-33(6-8-34)30-62-19-17-60(18-20-62)15-16-61-21-23-63(24-22-61)50(67)35-9-12-45(70-4)44(25-35)64-14-13-46(65)59-51(64)68/h5-12,25-28,31,43,69H,13-24,29-30H2,1-4H3,(H,58,66)(H,55,56,57)(H,59,65,68). The number of nitrogens with one attached hydrogen (secondary N) is 3. The number of nitrogens with zero attached hydrogens (tertiary/aromatic N) is 7. The van der Waals surface area contributed by atoms with Gasteiger partial charge in [0.15, 0.2) is 0 Å². The van der Waals surface area contributed by atoms with Crippen molar-refractivity contribution in [3.05, 3.63) is 130 Å². The van der Waals surface area contributed by atoms with Gasteiger partial charge in [0.05, 0.1) is 35.7 Å². The molecule has 0 aliphatic carbocycles. The molecule has 366 valence electrons. The third kappa shape index (κ3) is 10.5.